The molecule has 2 rings (SSSR count). The molecule has 0 bridgehead atoms. The maximum atomic E-state index is 13.5. The van der Waals surface area contributed by atoms with E-state index < -0.39 is 30.3 Å². The van der Waals surface area contributed by atoms with E-state index in [2.05, 4.69) is 15.5 Å². The van der Waals surface area contributed by atoms with E-state index in [-0.39, 0.29) is 6.42 Å². The molecular formula is C16H20FN5O3. The van der Waals surface area contributed by atoms with E-state index in [4.69, 9.17) is 5.11 Å². The first kappa shape index (κ1) is 18.5. The van der Waals surface area contributed by atoms with E-state index in [0.29, 0.717) is 24.4 Å². The van der Waals surface area contributed by atoms with Crippen LogP contribution in [0.5, 0.6) is 0 Å². The Balaban J connectivity index is 2.34. The molecular weight excluding hydrogens is 329 g/mol. The highest BCUT2D eigenvalue weighted by Crippen LogP contribution is 2.18. The monoisotopic (exact) mass is 349 g/mol. The van der Waals surface area contributed by atoms with Crippen LogP contribution < -0.4 is 0 Å². The number of carboxylic acids is 1. The quantitative estimate of drug-likeness (QED) is 0.769. The van der Waals surface area contributed by atoms with Crippen molar-refractivity contribution in [2.24, 2.45) is 0 Å². The number of rotatable bonds is 8. The van der Waals surface area contributed by atoms with Gasteiger partial charge in [-0.2, -0.15) is 0 Å². The fourth-order valence-corrected chi connectivity index (χ4v) is 2.60. The molecule has 2 aromatic rings. The van der Waals surface area contributed by atoms with Gasteiger partial charge in [0.25, 0.3) is 0 Å². The largest absolute Gasteiger partial charge is 0.480 e. The molecule has 25 heavy (non-hydrogen) atoms. The number of carbonyl (C=O) groups excluding carboxylic acids is 1. The third-order valence-electron chi connectivity index (χ3n) is 3.69. The molecule has 0 saturated carbocycles. The van der Waals surface area contributed by atoms with Crippen LogP contribution in [0, 0.1) is 12.7 Å². The lowest BCUT2D eigenvalue weighted by molar-refractivity contribution is -0.146. The molecule has 9 heteroatoms. The molecule has 8 nitrogen and oxygen atoms in total. The summed E-state index contributed by atoms with van der Waals surface area (Å²) in [6.07, 6.45) is 0.766. The summed E-state index contributed by atoms with van der Waals surface area (Å²) in [6.45, 7) is 3.39. The van der Waals surface area contributed by atoms with Gasteiger partial charge in [-0.3, -0.25) is 9.59 Å². The number of aryl methyl sites for hydroxylation is 1. The van der Waals surface area contributed by atoms with Crippen molar-refractivity contribution in [2.45, 2.75) is 32.7 Å². The van der Waals surface area contributed by atoms with Gasteiger partial charge >= 0.3 is 5.97 Å². The van der Waals surface area contributed by atoms with Gasteiger partial charge in [0, 0.05) is 13.0 Å². The van der Waals surface area contributed by atoms with Crippen LogP contribution in [-0.2, 0) is 16.0 Å². The number of nitrogens with zero attached hydrogens (tertiary/aromatic N) is 5. The topological polar surface area (TPSA) is 101 Å². The molecule has 1 unspecified atom stereocenters. The standard InChI is InChI=1S/C16H20FN5O3/c1-3-7-21(10-15(23)24)16(25)14(22-11(2)18-19-20-22)9-12-5-4-6-13(17)8-12/h4-6,8,14H,3,7,9-10H2,1-2H3,(H,23,24). The Morgan fingerprint density at radius 2 is 2.16 bits per heavy atom. The lowest BCUT2D eigenvalue weighted by atomic mass is 10.0. The van der Waals surface area contributed by atoms with Crippen molar-refractivity contribution >= 4 is 11.9 Å². The molecule has 0 aliphatic carbocycles. The first-order chi connectivity index (χ1) is 11.9. The van der Waals surface area contributed by atoms with E-state index in [0.717, 1.165) is 0 Å². The Labute approximate surface area is 144 Å². The van der Waals surface area contributed by atoms with E-state index in [1.54, 1.807) is 19.1 Å². The minimum Gasteiger partial charge on any atom is -0.480 e. The Hall–Kier alpha value is -2.84. The maximum absolute atomic E-state index is 13.5. The van der Waals surface area contributed by atoms with E-state index >= 15 is 0 Å². The third-order valence-corrected chi connectivity index (χ3v) is 3.69. The minimum atomic E-state index is -1.10. The fraction of sp³-hybridized carbons (Fsp3) is 0.438. The van der Waals surface area contributed by atoms with Crippen molar-refractivity contribution in [1.29, 1.82) is 0 Å². The molecule has 0 radical (unpaired) electrons. The van der Waals surface area contributed by atoms with Crippen LogP contribution in [0.25, 0.3) is 0 Å². The van der Waals surface area contributed by atoms with Crippen molar-refractivity contribution in [3.8, 4) is 0 Å². The summed E-state index contributed by atoms with van der Waals surface area (Å²) >= 11 is 0. The van der Waals surface area contributed by atoms with E-state index in [1.807, 2.05) is 6.92 Å². The van der Waals surface area contributed by atoms with Crippen LogP contribution in [0.1, 0.15) is 30.8 Å². The van der Waals surface area contributed by atoms with Gasteiger partial charge in [-0.05, 0) is 41.5 Å². The summed E-state index contributed by atoms with van der Waals surface area (Å²) < 4.78 is 14.8. The average molecular weight is 349 g/mol. The van der Waals surface area contributed by atoms with Crippen LogP contribution >= 0.6 is 0 Å². The van der Waals surface area contributed by atoms with E-state index in [9.17, 15) is 14.0 Å². The van der Waals surface area contributed by atoms with Gasteiger partial charge in [-0.1, -0.05) is 19.1 Å². The third kappa shape index (κ3) is 4.82. The summed E-state index contributed by atoms with van der Waals surface area (Å²) in [5.41, 5.74) is 0.597. The number of carbonyl (C=O) groups is 2. The normalized spacial score (nSPS) is 12.0. The molecule has 1 N–H and O–H groups in total. The molecule has 0 spiro atoms. The molecule has 1 aromatic heterocycles. The second kappa shape index (κ2) is 8.32. The first-order valence-electron chi connectivity index (χ1n) is 7.91. The molecule has 1 amide bonds. The van der Waals surface area contributed by atoms with Gasteiger partial charge in [0.1, 0.15) is 24.2 Å². The smallest absolute Gasteiger partial charge is 0.323 e. The van der Waals surface area contributed by atoms with Gasteiger partial charge in [0.2, 0.25) is 5.91 Å². The number of carboxylic acid groups (broad SMARTS) is 1. The first-order valence-corrected chi connectivity index (χ1v) is 7.91. The number of hydrogen-bond acceptors (Lipinski definition) is 5. The Morgan fingerprint density at radius 3 is 2.72 bits per heavy atom. The van der Waals surface area contributed by atoms with Crippen molar-refractivity contribution in [3.63, 3.8) is 0 Å². The van der Waals surface area contributed by atoms with Crippen molar-refractivity contribution in [1.82, 2.24) is 25.1 Å². The predicted molar refractivity (Wildman–Crippen MR) is 86.2 cm³/mol. The number of halogens is 1. The van der Waals surface area contributed by atoms with Crippen LogP contribution in [0.15, 0.2) is 24.3 Å². The number of aliphatic carboxylic acids is 1. The Bertz CT molecular complexity index is 749. The molecule has 0 aliphatic heterocycles. The maximum Gasteiger partial charge on any atom is 0.323 e. The summed E-state index contributed by atoms with van der Waals surface area (Å²) in [5.74, 6) is -1.50. The lowest BCUT2D eigenvalue weighted by Crippen LogP contribution is -2.42. The Kier molecular flexibility index (Phi) is 6.15. The zero-order chi connectivity index (χ0) is 18.4. The number of tetrazole rings is 1. The average Bonchev–Trinajstić information content (AvgIpc) is 2.97. The SMILES string of the molecule is CCCN(CC(=O)O)C(=O)C(Cc1cccc(F)c1)n1nnnc1C. The van der Waals surface area contributed by atoms with E-state index in [1.165, 1.54) is 21.7 Å². The van der Waals surface area contributed by atoms with Crippen molar-refractivity contribution in [2.75, 3.05) is 13.1 Å². The summed E-state index contributed by atoms with van der Waals surface area (Å²) in [7, 11) is 0. The summed E-state index contributed by atoms with van der Waals surface area (Å²) in [6, 6.07) is 5.06. The molecule has 134 valence electrons. The van der Waals surface area contributed by atoms with Gasteiger partial charge in [0.15, 0.2) is 0 Å². The molecule has 0 saturated heterocycles. The molecule has 1 atom stereocenters. The van der Waals surface area contributed by atoms with Crippen molar-refractivity contribution < 1.29 is 19.1 Å². The second-order valence-corrected chi connectivity index (χ2v) is 5.67. The Morgan fingerprint density at radius 1 is 1.40 bits per heavy atom. The number of amides is 1. The zero-order valence-corrected chi connectivity index (χ0v) is 14.1. The predicted octanol–water partition coefficient (Wildman–Crippen LogP) is 1.23. The molecule has 1 aromatic carbocycles. The summed E-state index contributed by atoms with van der Waals surface area (Å²) in [5, 5.41) is 20.2. The van der Waals surface area contributed by atoms with Gasteiger partial charge < -0.3 is 10.0 Å². The highest BCUT2D eigenvalue weighted by atomic mass is 19.1. The highest BCUT2D eigenvalue weighted by molar-refractivity contribution is 5.84. The number of aromatic nitrogens is 4. The molecule has 1 heterocycles. The second-order valence-electron chi connectivity index (χ2n) is 5.67. The van der Waals surface area contributed by atoms with Crippen LogP contribution in [0.3, 0.4) is 0 Å². The lowest BCUT2D eigenvalue weighted by Gasteiger charge is -2.26. The highest BCUT2D eigenvalue weighted by Gasteiger charge is 2.29. The molecule has 0 fully saturated rings. The zero-order valence-electron chi connectivity index (χ0n) is 14.1. The van der Waals surface area contributed by atoms with Gasteiger partial charge in [-0.25, -0.2) is 9.07 Å². The fourth-order valence-electron chi connectivity index (χ4n) is 2.60. The minimum absolute atomic E-state index is 0.155. The number of benzene rings is 1. The van der Waals surface area contributed by atoms with Crippen LogP contribution in [0.2, 0.25) is 0 Å². The van der Waals surface area contributed by atoms with Gasteiger partial charge in [0.05, 0.1) is 0 Å². The van der Waals surface area contributed by atoms with Crippen molar-refractivity contribution in [3.05, 3.63) is 41.5 Å². The van der Waals surface area contributed by atoms with Crippen LogP contribution in [-0.4, -0.2) is 55.2 Å². The van der Waals surface area contributed by atoms with Gasteiger partial charge in [-0.15, -0.1) is 5.10 Å². The summed E-state index contributed by atoms with van der Waals surface area (Å²) in [4.78, 5) is 25.3. The van der Waals surface area contributed by atoms with Crippen LogP contribution in [0.4, 0.5) is 4.39 Å². The molecule has 0 aliphatic rings. The number of hydrogen-bond donors (Lipinski definition) is 1.